The fourth-order valence-electron chi connectivity index (χ4n) is 1.60. The molecule has 0 unspecified atom stereocenters. The van der Waals surface area contributed by atoms with Gasteiger partial charge >= 0.3 is 0 Å². The summed E-state index contributed by atoms with van der Waals surface area (Å²) >= 11 is 0. The van der Waals surface area contributed by atoms with Crippen molar-refractivity contribution in [3.05, 3.63) is 47.7 Å². The lowest BCUT2D eigenvalue weighted by molar-refractivity contribution is 0.414. The topological polar surface area (TPSA) is 22.1 Å². The van der Waals surface area contributed by atoms with E-state index in [1.807, 2.05) is 12.1 Å². The highest BCUT2D eigenvalue weighted by Gasteiger charge is 2.02. The molecule has 0 N–H and O–H groups in total. The van der Waals surface area contributed by atoms with E-state index >= 15 is 0 Å². The van der Waals surface area contributed by atoms with Gasteiger partial charge in [0, 0.05) is 17.8 Å². The maximum atomic E-state index is 5.19. The van der Waals surface area contributed by atoms with Crippen LogP contribution in [0.2, 0.25) is 0 Å². The number of rotatable bonds is 2. The Morgan fingerprint density at radius 1 is 1.00 bits per heavy atom. The van der Waals surface area contributed by atoms with Crippen LogP contribution >= 0.6 is 0 Å². The third-order valence-corrected chi connectivity index (χ3v) is 2.77. The second-order valence-corrected chi connectivity index (χ2v) is 3.88. The molecule has 0 radical (unpaired) electrons. The summed E-state index contributed by atoms with van der Waals surface area (Å²) in [5.41, 5.74) is 4.65. The molecule has 0 aliphatic heterocycles. The van der Waals surface area contributed by atoms with Crippen LogP contribution in [0.3, 0.4) is 0 Å². The summed E-state index contributed by atoms with van der Waals surface area (Å²) in [6, 6.07) is 10.2. The molecule has 0 fully saturated rings. The van der Waals surface area contributed by atoms with Gasteiger partial charge in [-0.15, -0.1) is 0 Å². The fraction of sp³-hybridized carbons (Fsp3) is 0.214. The Morgan fingerprint density at radius 3 is 2.50 bits per heavy atom. The van der Waals surface area contributed by atoms with Crippen molar-refractivity contribution in [2.75, 3.05) is 7.11 Å². The molecule has 0 aliphatic carbocycles. The average molecular weight is 213 g/mol. The first kappa shape index (κ1) is 10.7. The summed E-state index contributed by atoms with van der Waals surface area (Å²) in [4.78, 5) is 4.35. The van der Waals surface area contributed by atoms with Crippen LogP contribution < -0.4 is 4.74 Å². The summed E-state index contributed by atoms with van der Waals surface area (Å²) in [5, 5.41) is 0. The van der Waals surface area contributed by atoms with Crippen LogP contribution in [-0.2, 0) is 0 Å². The standard InChI is InChI=1S/C14H15NO/c1-10-4-5-12(8-11(10)2)14-9-13(16-3)6-7-15-14/h4-9H,1-3H3. The van der Waals surface area contributed by atoms with Gasteiger partial charge in [-0.3, -0.25) is 4.98 Å². The van der Waals surface area contributed by atoms with Crippen molar-refractivity contribution in [3.63, 3.8) is 0 Å². The van der Waals surface area contributed by atoms with Gasteiger partial charge in [0.05, 0.1) is 12.8 Å². The molecule has 0 saturated carbocycles. The van der Waals surface area contributed by atoms with Crippen LogP contribution in [0.5, 0.6) is 5.75 Å². The van der Waals surface area contributed by atoms with Gasteiger partial charge in [-0.05, 0) is 37.1 Å². The molecule has 0 amide bonds. The Hall–Kier alpha value is -1.83. The molecule has 0 spiro atoms. The molecule has 0 aliphatic rings. The van der Waals surface area contributed by atoms with Gasteiger partial charge < -0.3 is 4.74 Å². The number of ether oxygens (including phenoxy) is 1. The maximum Gasteiger partial charge on any atom is 0.122 e. The van der Waals surface area contributed by atoms with Gasteiger partial charge in [0.25, 0.3) is 0 Å². The van der Waals surface area contributed by atoms with Crippen LogP contribution in [-0.4, -0.2) is 12.1 Å². The average Bonchev–Trinajstić information content (AvgIpc) is 2.33. The SMILES string of the molecule is COc1ccnc(-c2ccc(C)c(C)c2)c1. The molecule has 2 heteroatoms. The molecule has 2 nitrogen and oxygen atoms in total. The highest BCUT2D eigenvalue weighted by atomic mass is 16.5. The number of nitrogens with zero attached hydrogens (tertiary/aromatic N) is 1. The van der Waals surface area contributed by atoms with Crippen LogP contribution in [0.15, 0.2) is 36.5 Å². The molecular formula is C14H15NO. The predicted octanol–water partition coefficient (Wildman–Crippen LogP) is 3.37. The smallest absolute Gasteiger partial charge is 0.122 e. The Morgan fingerprint density at radius 2 is 1.81 bits per heavy atom. The molecule has 2 aromatic rings. The molecule has 0 bridgehead atoms. The molecule has 0 saturated heterocycles. The summed E-state index contributed by atoms with van der Waals surface area (Å²) in [7, 11) is 1.67. The highest BCUT2D eigenvalue weighted by molar-refractivity contribution is 5.62. The lowest BCUT2D eigenvalue weighted by Crippen LogP contribution is -1.88. The van der Waals surface area contributed by atoms with E-state index in [1.54, 1.807) is 13.3 Å². The Balaban J connectivity index is 2.46. The van der Waals surface area contributed by atoms with Crippen molar-refractivity contribution < 1.29 is 4.74 Å². The minimum atomic E-state index is 0.836. The maximum absolute atomic E-state index is 5.19. The van der Waals surface area contributed by atoms with E-state index < -0.39 is 0 Å². The number of methoxy groups -OCH3 is 1. The molecule has 1 aromatic carbocycles. The van der Waals surface area contributed by atoms with Gasteiger partial charge in [-0.1, -0.05) is 12.1 Å². The van der Waals surface area contributed by atoms with E-state index in [4.69, 9.17) is 4.74 Å². The zero-order chi connectivity index (χ0) is 11.5. The molecule has 2 rings (SSSR count). The molecule has 1 aromatic heterocycles. The number of aryl methyl sites for hydroxylation is 2. The van der Waals surface area contributed by atoms with Crippen molar-refractivity contribution >= 4 is 0 Å². The lowest BCUT2D eigenvalue weighted by Gasteiger charge is -2.06. The van der Waals surface area contributed by atoms with Gasteiger partial charge in [-0.25, -0.2) is 0 Å². The molecular weight excluding hydrogens is 198 g/mol. The number of aromatic nitrogens is 1. The van der Waals surface area contributed by atoms with Crippen LogP contribution in [0.4, 0.5) is 0 Å². The zero-order valence-electron chi connectivity index (χ0n) is 9.82. The third kappa shape index (κ3) is 2.06. The van der Waals surface area contributed by atoms with Crippen LogP contribution in [0, 0.1) is 13.8 Å². The minimum absolute atomic E-state index is 0.836. The summed E-state index contributed by atoms with van der Waals surface area (Å²) in [6.07, 6.45) is 1.77. The lowest BCUT2D eigenvalue weighted by atomic mass is 10.0. The zero-order valence-corrected chi connectivity index (χ0v) is 9.82. The van der Waals surface area contributed by atoms with E-state index in [0.717, 1.165) is 17.0 Å². The first-order chi connectivity index (χ1) is 7.70. The van der Waals surface area contributed by atoms with Crippen molar-refractivity contribution in [2.24, 2.45) is 0 Å². The number of hydrogen-bond acceptors (Lipinski definition) is 2. The van der Waals surface area contributed by atoms with E-state index in [0.29, 0.717) is 0 Å². The van der Waals surface area contributed by atoms with Crippen molar-refractivity contribution in [1.82, 2.24) is 4.98 Å². The highest BCUT2D eigenvalue weighted by Crippen LogP contribution is 2.23. The largest absolute Gasteiger partial charge is 0.497 e. The minimum Gasteiger partial charge on any atom is -0.497 e. The quantitative estimate of drug-likeness (QED) is 0.763. The molecule has 16 heavy (non-hydrogen) atoms. The number of hydrogen-bond donors (Lipinski definition) is 0. The monoisotopic (exact) mass is 213 g/mol. The summed E-state index contributed by atoms with van der Waals surface area (Å²) in [5.74, 6) is 0.836. The Bertz CT molecular complexity index is 506. The van der Waals surface area contributed by atoms with Gasteiger partial charge in [0.1, 0.15) is 5.75 Å². The first-order valence-electron chi connectivity index (χ1n) is 5.28. The normalized spacial score (nSPS) is 10.2. The molecule has 1 heterocycles. The van der Waals surface area contributed by atoms with Crippen molar-refractivity contribution in [1.29, 1.82) is 0 Å². The van der Waals surface area contributed by atoms with E-state index in [9.17, 15) is 0 Å². The van der Waals surface area contributed by atoms with E-state index in [-0.39, 0.29) is 0 Å². The third-order valence-electron chi connectivity index (χ3n) is 2.77. The van der Waals surface area contributed by atoms with Crippen LogP contribution in [0.1, 0.15) is 11.1 Å². The summed E-state index contributed by atoms with van der Waals surface area (Å²) in [6.45, 7) is 4.22. The van der Waals surface area contributed by atoms with Gasteiger partial charge in [0.15, 0.2) is 0 Å². The van der Waals surface area contributed by atoms with Crippen molar-refractivity contribution in [2.45, 2.75) is 13.8 Å². The fourth-order valence-corrected chi connectivity index (χ4v) is 1.60. The van der Waals surface area contributed by atoms with Gasteiger partial charge in [0.2, 0.25) is 0 Å². The molecule has 82 valence electrons. The predicted molar refractivity (Wildman–Crippen MR) is 65.7 cm³/mol. The van der Waals surface area contributed by atoms with Gasteiger partial charge in [-0.2, -0.15) is 0 Å². The number of benzene rings is 1. The first-order valence-corrected chi connectivity index (χ1v) is 5.28. The summed E-state index contributed by atoms with van der Waals surface area (Å²) < 4.78 is 5.19. The van der Waals surface area contributed by atoms with Crippen molar-refractivity contribution in [3.8, 4) is 17.0 Å². The van der Waals surface area contributed by atoms with E-state index in [1.165, 1.54) is 11.1 Å². The second kappa shape index (κ2) is 4.35. The number of pyridine rings is 1. The van der Waals surface area contributed by atoms with E-state index in [2.05, 4.69) is 37.0 Å². The van der Waals surface area contributed by atoms with Crippen LogP contribution in [0.25, 0.3) is 11.3 Å². The second-order valence-electron chi connectivity index (χ2n) is 3.88. The Kier molecular flexibility index (Phi) is 2.91. The molecule has 0 atom stereocenters. The Labute approximate surface area is 95.9 Å².